The van der Waals surface area contributed by atoms with E-state index in [1.54, 1.807) is 24.3 Å². The molecule has 2 rings (SSSR count). The molecule has 0 aliphatic rings. The zero-order chi connectivity index (χ0) is 15.9. The van der Waals surface area contributed by atoms with Crippen molar-refractivity contribution in [2.45, 2.75) is 12.7 Å². The van der Waals surface area contributed by atoms with Crippen LogP contribution >= 0.6 is 11.6 Å². The number of ether oxygens (including phenoxy) is 1. The molecule has 2 aromatic rings. The number of aliphatic hydroxyl groups is 1. The van der Waals surface area contributed by atoms with Crippen LogP contribution in [0.15, 0.2) is 48.5 Å². The molecule has 0 aromatic heterocycles. The summed E-state index contributed by atoms with van der Waals surface area (Å²) >= 11 is 5.89. The van der Waals surface area contributed by atoms with Gasteiger partial charge in [-0.05, 0) is 35.4 Å². The minimum atomic E-state index is -2.84. The van der Waals surface area contributed by atoms with Gasteiger partial charge in [0.15, 0.2) is 0 Å². The Morgan fingerprint density at radius 1 is 1.00 bits per heavy atom. The topological polar surface area (TPSA) is 41.5 Å². The fourth-order valence-electron chi connectivity index (χ4n) is 2.13. The second-order valence-corrected chi connectivity index (χ2v) is 5.05. The second-order valence-electron chi connectivity index (χ2n) is 4.61. The number of halogens is 3. The van der Waals surface area contributed by atoms with Gasteiger partial charge in [0.05, 0.1) is 12.6 Å². The predicted molar refractivity (Wildman–Crippen MR) is 81.5 cm³/mol. The molecule has 0 bridgehead atoms. The van der Waals surface area contributed by atoms with E-state index in [0.717, 1.165) is 11.1 Å². The molecule has 0 fully saturated rings. The fourth-order valence-corrected chi connectivity index (χ4v) is 2.26. The van der Waals surface area contributed by atoms with Crippen molar-refractivity contribution in [3.8, 4) is 5.75 Å². The quantitative estimate of drug-likeness (QED) is 0.816. The van der Waals surface area contributed by atoms with Crippen molar-refractivity contribution in [2.75, 3.05) is 13.2 Å². The number of aliphatic hydroxyl groups excluding tert-OH is 1. The molecular weight excluding hydrogens is 312 g/mol. The van der Waals surface area contributed by atoms with Gasteiger partial charge in [0, 0.05) is 11.6 Å². The number of benzene rings is 2. The molecular formula is C16H16ClF2NO2. The molecule has 0 amide bonds. The predicted octanol–water partition coefficient (Wildman–Crippen LogP) is 3.61. The van der Waals surface area contributed by atoms with Gasteiger partial charge in [-0.1, -0.05) is 35.9 Å². The minimum absolute atomic E-state index is 0.00331. The SMILES string of the molecule is OCCNC(c1ccc(Cl)cc1)c1ccc(OC(F)F)cc1. The molecule has 2 aromatic carbocycles. The first-order valence-electron chi connectivity index (χ1n) is 6.74. The zero-order valence-electron chi connectivity index (χ0n) is 11.7. The summed E-state index contributed by atoms with van der Waals surface area (Å²) in [6.07, 6.45) is 0. The summed E-state index contributed by atoms with van der Waals surface area (Å²) in [7, 11) is 0. The summed E-state index contributed by atoms with van der Waals surface area (Å²) < 4.78 is 28.7. The van der Waals surface area contributed by atoms with Gasteiger partial charge in [-0.25, -0.2) is 0 Å². The van der Waals surface area contributed by atoms with E-state index in [9.17, 15) is 8.78 Å². The average molecular weight is 328 g/mol. The molecule has 1 atom stereocenters. The molecule has 0 saturated heterocycles. The lowest BCUT2D eigenvalue weighted by molar-refractivity contribution is -0.0498. The lowest BCUT2D eigenvalue weighted by Crippen LogP contribution is -2.25. The summed E-state index contributed by atoms with van der Waals surface area (Å²) in [5, 5.41) is 12.8. The Bertz CT molecular complexity index is 576. The number of hydrogen-bond donors (Lipinski definition) is 2. The van der Waals surface area contributed by atoms with Crippen molar-refractivity contribution in [1.29, 1.82) is 0 Å². The molecule has 0 heterocycles. The van der Waals surface area contributed by atoms with Crippen molar-refractivity contribution >= 4 is 11.6 Å². The van der Waals surface area contributed by atoms with Crippen LogP contribution < -0.4 is 10.1 Å². The first kappa shape index (κ1) is 16.7. The minimum Gasteiger partial charge on any atom is -0.435 e. The molecule has 6 heteroatoms. The van der Waals surface area contributed by atoms with Gasteiger partial charge in [0.1, 0.15) is 5.75 Å². The highest BCUT2D eigenvalue weighted by Gasteiger charge is 2.14. The molecule has 0 radical (unpaired) electrons. The highest BCUT2D eigenvalue weighted by Crippen LogP contribution is 2.25. The molecule has 0 aliphatic carbocycles. The number of rotatable bonds is 7. The third kappa shape index (κ3) is 4.66. The van der Waals surface area contributed by atoms with E-state index in [2.05, 4.69) is 10.1 Å². The Morgan fingerprint density at radius 3 is 2.05 bits per heavy atom. The normalized spacial score (nSPS) is 12.4. The van der Waals surface area contributed by atoms with Gasteiger partial charge in [-0.15, -0.1) is 0 Å². The Labute approximate surface area is 132 Å². The maximum absolute atomic E-state index is 12.2. The van der Waals surface area contributed by atoms with Crippen LogP contribution in [0.3, 0.4) is 0 Å². The lowest BCUT2D eigenvalue weighted by Gasteiger charge is -2.20. The van der Waals surface area contributed by atoms with E-state index in [1.165, 1.54) is 12.1 Å². The van der Waals surface area contributed by atoms with Crippen molar-refractivity contribution in [3.05, 3.63) is 64.7 Å². The smallest absolute Gasteiger partial charge is 0.387 e. The molecule has 1 unspecified atom stereocenters. The molecule has 0 aliphatic heterocycles. The highest BCUT2D eigenvalue weighted by atomic mass is 35.5. The molecule has 22 heavy (non-hydrogen) atoms. The Morgan fingerprint density at radius 2 is 1.55 bits per heavy atom. The maximum atomic E-state index is 12.2. The summed E-state index contributed by atoms with van der Waals surface area (Å²) in [4.78, 5) is 0. The van der Waals surface area contributed by atoms with Crippen LogP contribution in [-0.2, 0) is 0 Å². The third-order valence-electron chi connectivity index (χ3n) is 3.10. The van der Waals surface area contributed by atoms with Gasteiger partial charge in [0.2, 0.25) is 0 Å². The van der Waals surface area contributed by atoms with Crippen molar-refractivity contribution in [1.82, 2.24) is 5.32 Å². The van der Waals surface area contributed by atoms with Crippen LogP contribution in [-0.4, -0.2) is 24.9 Å². The number of alkyl halides is 2. The van der Waals surface area contributed by atoms with Gasteiger partial charge in [-0.3, -0.25) is 0 Å². The molecule has 118 valence electrons. The van der Waals surface area contributed by atoms with Crippen LogP contribution in [0, 0.1) is 0 Å². The summed E-state index contributed by atoms with van der Waals surface area (Å²) in [6, 6.07) is 13.5. The molecule has 2 N–H and O–H groups in total. The van der Waals surface area contributed by atoms with Gasteiger partial charge >= 0.3 is 6.61 Å². The largest absolute Gasteiger partial charge is 0.435 e. The fraction of sp³-hybridized carbons (Fsp3) is 0.250. The summed E-state index contributed by atoms with van der Waals surface area (Å²) in [5.74, 6) is 0.107. The van der Waals surface area contributed by atoms with Gasteiger partial charge in [-0.2, -0.15) is 8.78 Å². The first-order chi connectivity index (χ1) is 10.6. The Balaban J connectivity index is 2.22. The van der Waals surface area contributed by atoms with Gasteiger partial charge in [0.25, 0.3) is 0 Å². The molecule has 3 nitrogen and oxygen atoms in total. The molecule has 0 saturated carbocycles. The second kappa shape index (κ2) is 8.08. The van der Waals surface area contributed by atoms with E-state index >= 15 is 0 Å². The summed E-state index contributed by atoms with van der Waals surface area (Å²) in [5.41, 5.74) is 1.83. The number of nitrogens with one attached hydrogen (secondary N) is 1. The van der Waals surface area contributed by atoms with Crippen molar-refractivity contribution < 1.29 is 18.6 Å². The van der Waals surface area contributed by atoms with E-state index in [0.29, 0.717) is 11.6 Å². The van der Waals surface area contributed by atoms with E-state index in [4.69, 9.17) is 16.7 Å². The third-order valence-corrected chi connectivity index (χ3v) is 3.35. The van der Waals surface area contributed by atoms with Crippen LogP contribution in [0.2, 0.25) is 5.02 Å². The maximum Gasteiger partial charge on any atom is 0.387 e. The average Bonchev–Trinajstić information content (AvgIpc) is 2.50. The van der Waals surface area contributed by atoms with Gasteiger partial charge < -0.3 is 15.2 Å². The highest BCUT2D eigenvalue weighted by molar-refractivity contribution is 6.30. The van der Waals surface area contributed by atoms with Crippen LogP contribution in [0.4, 0.5) is 8.78 Å². The Hall–Kier alpha value is -1.69. The van der Waals surface area contributed by atoms with Crippen LogP contribution in [0.5, 0.6) is 5.75 Å². The van der Waals surface area contributed by atoms with Crippen LogP contribution in [0.1, 0.15) is 17.2 Å². The van der Waals surface area contributed by atoms with E-state index < -0.39 is 6.61 Å². The standard InChI is InChI=1S/C16H16ClF2NO2/c17-13-5-1-11(2-6-13)15(20-9-10-21)12-3-7-14(8-4-12)22-16(18)19/h1-8,15-16,20-21H,9-10H2. The monoisotopic (exact) mass is 327 g/mol. The lowest BCUT2D eigenvalue weighted by atomic mass is 9.98. The van der Waals surface area contributed by atoms with E-state index in [-0.39, 0.29) is 18.4 Å². The van der Waals surface area contributed by atoms with Crippen molar-refractivity contribution in [3.63, 3.8) is 0 Å². The zero-order valence-corrected chi connectivity index (χ0v) is 12.4. The van der Waals surface area contributed by atoms with Crippen LogP contribution in [0.25, 0.3) is 0 Å². The first-order valence-corrected chi connectivity index (χ1v) is 7.12. The summed E-state index contributed by atoms with van der Waals surface area (Å²) in [6.45, 7) is -2.44. The Kier molecular flexibility index (Phi) is 6.12. The van der Waals surface area contributed by atoms with E-state index in [1.807, 2.05) is 12.1 Å². The molecule has 0 spiro atoms. The van der Waals surface area contributed by atoms with Crippen molar-refractivity contribution in [2.24, 2.45) is 0 Å². The number of hydrogen-bond acceptors (Lipinski definition) is 3.